The normalized spacial score (nSPS) is 13.6. The molecule has 21 heavy (non-hydrogen) atoms. The van der Waals surface area contributed by atoms with Crippen LogP contribution in [0, 0.1) is 0 Å². The topological polar surface area (TPSA) is 54.9 Å². The Morgan fingerprint density at radius 3 is 2.67 bits per heavy atom. The summed E-state index contributed by atoms with van der Waals surface area (Å²) in [5.41, 5.74) is 0.892. The molecule has 0 aromatic heterocycles. The standard InChI is InChI=1S/C15H22BrN3O2/c1-3-7-20-11-9-12(19-15-17-5-6-18-15)14(16)13(10-11)21-8-4-2/h9-10H,3-8H2,1-2H3,(H2,17,18,19). The smallest absolute Gasteiger partial charge is 0.195 e. The summed E-state index contributed by atoms with van der Waals surface area (Å²) < 4.78 is 12.4. The fourth-order valence-corrected chi connectivity index (χ4v) is 2.34. The molecule has 0 spiro atoms. The average molecular weight is 356 g/mol. The SMILES string of the molecule is CCCOc1cc(NC2=NCCN2)c(Br)c(OCCC)c1. The van der Waals surface area contributed by atoms with Crippen LogP contribution in [0.25, 0.3) is 0 Å². The molecule has 0 atom stereocenters. The molecule has 1 aromatic rings. The Hall–Kier alpha value is -1.43. The third-order valence-corrected chi connectivity index (χ3v) is 3.69. The van der Waals surface area contributed by atoms with E-state index in [1.807, 2.05) is 12.1 Å². The lowest BCUT2D eigenvalue weighted by Crippen LogP contribution is -2.26. The number of halogens is 1. The van der Waals surface area contributed by atoms with Crippen LogP contribution in [0.5, 0.6) is 11.5 Å². The van der Waals surface area contributed by atoms with Gasteiger partial charge in [-0.15, -0.1) is 0 Å². The zero-order valence-electron chi connectivity index (χ0n) is 12.5. The first-order valence-corrected chi connectivity index (χ1v) is 8.18. The van der Waals surface area contributed by atoms with E-state index in [0.29, 0.717) is 13.2 Å². The Morgan fingerprint density at radius 2 is 2.00 bits per heavy atom. The summed E-state index contributed by atoms with van der Waals surface area (Å²) >= 11 is 3.60. The first-order valence-electron chi connectivity index (χ1n) is 7.39. The molecule has 0 radical (unpaired) electrons. The third-order valence-electron chi connectivity index (χ3n) is 2.87. The number of rotatable bonds is 7. The van der Waals surface area contributed by atoms with Crippen LogP contribution >= 0.6 is 15.9 Å². The monoisotopic (exact) mass is 355 g/mol. The van der Waals surface area contributed by atoms with Crippen LogP contribution in [0.1, 0.15) is 26.7 Å². The second-order valence-electron chi connectivity index (χ2n) is 4.76. The van der Waals surface area contributed by atoms with Crippen molar-refractivity contribution in [1.82, 2.24) is 5.32 Å². The van der Waals surface area contributed by atoms with E-state index in [1.165, 1.54) is 0 Å². The molecule has 0 bridgehead atoms. The van der Waals surface area contributed by atoms with Gasteiger partial charge < -0.3 is 20.1 Å². The van der Waals surface area contributed by atoms with E-state index in [1.54, 1.807) is 0 Å². The van der Waals surface area contributed by atoms with Crippen LogP contribution in [0.15, 0.2) is 21.6 Å². The summed E-state index contributed by atoms with van der Waals surface area (Å²) in [4.78, 5) is 4.35. The Kier molecular flexibility index (Phi) is 6.17. The molecule has 6 heteroatoms. The molecule has 0 saturated carbocycles. The van der Waals surface area contributed by atoms with Crippen LogP contribution in [-0.2, 0) is 0 Å². The molecule has 0 saturated heterocycles. The van der Waals surface area contributed by atoms with Crippen molar-refractivity contribution in [3.05, 3.63) is 16.6 Å². The molecule has 2 N–H and O–H groups in total. The van der Waals surface area contributed by atoms with Crippen molar-refractivity contribution in [3.63, 3.8) is 0 Å². The first-order chi connectivity index (χ1) is 10.2. The number of benzene rings is 1. The number of guanidine groups is 1. The van der Waals surface area contributed by atoms with E-state index in [-0.39, 0.29) is 0 Å². The molecule has 5 nitrogen and oxygen atoms in total. The summed E-state index contributed by atoms with van der Waals surface area (Å²) in [6, 6.07) is 3.88. The minimum absolute atomic E-state index is 0.675. The fourth-order valence-electron chi connectivity index (χ4n) is 1.89. The Morgan fingerprint density at radius 1 is 1.24 bits per heavy atom. The van der Waals surface area contributed by atoms with Crippen LogP contribution < -0.4 is 20.1 Å². The molecule has 1 heterocycles. The van der Waals surface area contributed by atoms with Crippen molar-refractivity contribution < 1.29 is 9.47 Å². The number of hydrogen-bond acceptors (Lipinski definition) is 5. The molecular formula is C15H22BrN3O2. The highest BCUT2D eigenvalue weighted by Crippen LogP contribution is 2.37. The fraction of sp³-hybridized carbons (Fsp3) is 0.533. The zero-order valence-corrected chi connectivity index (χ0v) is 14.1. The lowest BCUT2D eigenvalue weighted by Gasteiger charge is -2.16. The van der Waals surface area contributed by atoms with Crippen LogP contribution in [0.2, 0.25) is 0 Å². The summed E-state index contributed by atoms with van der Waals surface area (Å²) in [6.07, 6.45) is 1.93. The molecule has 1 aliphatic heterocycles. The van der Waals surface area contributed by atoms with Gasteiger partial charge in [0, 0.05) is 18.7 Å². The molecule has 1 aromatic carbocycles. The lowest BCUT2D eigenvalue weighted by atomic mass is 10.2. The van der Waals surface area contributed by atoms with E-state index in [2.05, 4.69) is 45.4 Å². The zero-order chi connectivity index (χ0) is 15.1. The highest BCUT2D eigenvalue weighted by Gasteiger charge is 2.14. The summed E-state index contributed by atoms with van der Waals surface area (Å²) in [7, 11) is 0. The van der Waals surface area contributed by atoms with Gasteiger partial charge in [0.1, 0.15) is 11.5 Å². The number of anilines is 1. The van der Waals surface area contributed by atoms with Gasteiger partial charge in [-0.3, -0.25) is 4.99 Å². The predicted octanol–water partition coefficient (Wildman–Crippen LogP) is 3.40. The number of aliphatic imine (C=N–C) groups is 1. The minimum Gasteiger partial charge on any atom is -0.493 e. The summed E-state index contributed by atoms with van der Waals surface area (Å²) in [5.74, 6) is 2.36. The number of nitrogens with zero attached hydrogens (tertiary/aromatic N) is 1. The maximum atomic E-state index is 5.78. The van der Waals surface area contributed by atoms with E-state index in [9.17, 15) is 0 Å². The van der Waals surface area contributed by atoms with Crippen molar-refractivity contribution >= 4 is 27.6 Å². The van der Waals surface area contributed by atoms with Gasteiger partial charge in [-0.05, 0) is 28.8 Å². The van der Waals surface area contributed by atoms with Crippen molar-refractivity contribution in [1.29, 1.82) is 0 Å². The second-order valence-corrected chi connectivity index (χ2v) is 5.55. The van der Waals surface area contributed by atoms with Crippen LogP contribution in [-0.4, -0.2) is 32.3 Å². The van der Waals surface area contributed by atoms with E-state index in [0.717, 1.165) is 53.5 Å². The molecule has 116 valence electrons. The summed E-state index contributed by atoms with van der Waals surface area (Å²) in [6.45, 7) is 7.20. The van der Waals surface area contributed by atoms with Crippen molar-refractivity contribution in [2.24, 2.45) is 4.99 Å². The van der Waals surface area contributed by atoms with Gasteiger partial charge in [-0.1, -0.05) is 13.8 Å². The number of hydrogen-bond donors (Lipinski definition) is 2. The van der Waals surface area contributed by atoms with Gasteiger partial charge in [0.2, 0.25) is 0 Å². The maximum absolute atomic E-state index is 5.78. The second kappa shape index (κ2) is 8.12. The predicted molar refractivity (Wildman–Crippen MR) is 89.6 cm³/mol. The Labute approximate surface area is 134 Å². The van der Waals surface area contributed by atoms with Gasteiger partial charge in [-0.2, -0.15) is 0 Å². The van der Waals surface area contributed by atoms with Gasteiger partial charge in [0.05, 0.1) is 29.9 Å². The molecule has 0 fully saturated rings. The molecular weight excluding hydrogens is 334 g/mol. The summed E-state index contributed by atoms with van der Waals surface area (Å²) in [5, 5.41) is 6.47. The van der Waals surface area contributed by atoms with Crippen LogP contribution in [0.3, 0.4) is 0 Å². The van der Waals surface area contributed by atoms with Crippen molar-refractivity contribution in [2.45, 2.75) is 26.7 Å². The first kappa shape index (κ1) is 15.9. The lowest BCUT2D eigenvalue weighted by molar-refractivity contribution is 0.300. The molecule has 2 rings (SSSR count). The van der Waals surface area contributed by atoms with Crippen molar-refractivity contribution in [3.8, 4) is 11.5 Å². The highest BCUT2D eigenvalue weighted by molar-refractivity contribution is 9.10. The van der Waals surface area contributed by atoms with Gasteiger partial charge in [-0.25, -0.2) is 0 Å². The van der Waals surface area contributed by atoms with E-state index >= 15 is 0 Å². The quantitative estimate of drug-likeness (QED) is 0.786. The highest BCUT2D eigenvalue weighted by atomic mass is 79.9. The molecule has 0 amide bonds. The Bertz CT molecular complexity index is 506. The minimum atomic E-state index is 0.675. The molecule has 0 unspecified atom stereocenters. The number of ether oxygens (including phenoxy) is 2. The number of nitrogens with one attached hydrogen (secondary N) is 2. The van der Waals surface area contributed by atoms with Gasteiger partial charge in [0.25, 0.3) is 0 Å². The van der Waals surface area contributed by atoms with Gasteiger partial charge in [0.15, 0.2) is 5.96 Å². The largest absolute Gasteiger partial charge is 0.493 e. The van der Waals surface area contributed by atoms with Crippen LogP contribution in [0.4, 0.5) is 5.69 Å². The van der Waals surface area contributed by atoms with Crippen molar-refractivity contribution in [2.75, 3.05) is 31.6 Å². The Balaban J connectivity index is 2.22. The average Bonchev–Trinajstić information content (AvgIpc) is 2.99. The van der Waals surface area contributed by atoms with E-state index < -0.39 is 0 Å². The molecule has 1 aliphatic rings. The molecule has 0 aliphatic carbocycles. The third kappa shape index (κ3) is 4.52. The van der Waals surface area contributed by atoms with Gasteiger partial charge >= 0.3 is 0 Å². The maximum Gasteiger partial charge on any atom is 0.195 e. The van der Waals surface area contributed by atoms with E-state index in [4.69, 9.17) is 9.47 Å².